The van der Waals surface area contributed by atoms with E-state index in [4.69, 9.17) is 0 Å². The van der Waals surface area contributed by atoms with Gasteiger partial charge < -0.3 is 5.32 Å². The molecule has 1 fully saturated rings. The van der Waals surface area contributed by atoms with E-state index in [1.54, 1.807) is 19.9 Å². The summed E-state index contributed by atoms with van der Waals surface area (Å²) in [5.41, 5.74) is 0.438. The number of pyridine rings is 1. The molecule has 1 aromatic heterocycles. The Morgan fingerprint density at radius 3 is 2.28 bits per heavy atom. The smallest absolute Gasteiger partial charge is 0.244 e. The maximum Gasteiger partial charge on any atom is 0.244 e. The predicted molar refractivity (Wildman–Crippen MR) is 97.3 cm³/mol. The Balaban J connectivity index is 2.18. The van der Waals surface area contributed by atoms with E-state index in [1.807, 2.05) is 0 Å². The molecule has 25 heavy (non-hydrogen) atoms. The molecule has 0 spiro atoms. The van der Waals surface area contributed by atoms with Gasteiger partial charge in [-0.2, -0.15) is 0 Å². The molecule has 0 aliphatic heterocycles. The van der Waals surface area contributed by atoms with E-state index in [-0.39, 0.29) is 17.5 Å². The van der Waals surface area contributed by atoms with E-state index < -0.39 is 26.2 Å². The van der Waals surface area contributed by atoms with Gasteiger partial charge in [0.2, 0.25) is 5.91 Å². The third-order valence-electron chi connectivity index (χ3n) is 4.66. The molecule has 1 atom stereocenters. The highest BCUT2D eigenvalue weighted by atomic mass is 32.2. The Hall–Kier alpha value is -1.76. The second-order valence-electron chi connectivity index (χ2n) is 6.99. The van der Waals surface area contributed by atoms with Crippen LogP contribution in [-0.4, -0.2) is 35.6 Å². The Bertz CT molecular complexity index is 720. The largest absolute Gasteiger partial charge is 0.310 e. The van der Waals surface area contributed by atoms with Gasteiger partial charge in [0.05, 0.1) is 5.25 Å². The van der Waals surface area contributed by atoms with Gasteiger partial charge >= 0.3 is 0 Å². The molecule has 2 rings (SSSR count). The molecule has 1 heterocycles. The summed E-state index contributed by atoms with van der Waals surface area (Å²) in [5.74, 6) is -0.753. The maximum atomic E-state index is 13.0. The number of carbonyl (C=O) groups is 2. The lowest BCUT2D eigenvalue weighted by Gasteiger charge is -2.28. The number of nitrogens with zero attached hydrogens (tertiary/aromatic N) is 1. The first-order valence-electron chi connectivity index (χ1n) is 8.74. The van der Waals surface area contributed by atoms with E-state index in [0.717, 1.165) is 19.3 Å². The molecule has 7 heteroatoms. The Morgan fingerprint density at radius 1 is 1.16 bits per heavy atom. The van der Waals surface area contributed by atoms with Crippen molar-refractivity contribution in [3.63, 3.8) is 0 Å². The Kier molecular flexibility index (Phi) is 6.32. The van der Waals surface area contributed by atoms with Crippen molar-refractivity contribution in [2.45, 2.75) is 63.4 Å². The fraction of sp³-hybridized carbons (Fsp3) is 0.611. The van der Waals surface area contributed by atoms with Crippen LogP contribution in [0.2, 0.25) is 0 Å². The van der Waals surface area contributed by atoms with E-state index in [1.165, 1.54) is 19.2 Å². The van der Waals surface area contributed by atoms with Crippen LogP contribution in [0.1, 0.15) is 63.2 Å². The van der Waals surface area contributed by atoms with Gasteiger partial charge in [0.25, 0.3) is 0 Å². The van der Waals surface area contributed by atoms with E-state index in [9.17, 15) is 18.0 Å². The zero-order valence-corrected chi connectivity index (χ0v) is 15.8. The lowest BCUT2D eigenvalue weighted by atomic mass is 10.0. The summed E-state index contributed by atoms with van der Waals surface area (Å²) in [4.78, 5) is 28.0. The van der Waals surface area contributed by atoms with Crippen molar-refractivity contribution < 1.29 is 18.0 Å². The molecular weight excluding hydrogens is 340 g/mol. The van der Waals surface area contributed by atoms with Crippen LogP contribution in [0.3, 0.4) is 0 Å². The van der Waals surface area contributed by atoms with Crippen LogP contribution in [0.25, 0.3) is 0 Å². The van der Waals surface area contributed by atoms with Gasteiger partial charge in [0, 0.05) is 11.8 Å². The summed E-state index contributed by atoms with van der Waals surface area (Å²) >= 11 is 0. The highest BCUT2D eigenvalue weighted by molar-refractivity contribution is 7.93. The van der Waals surface area contributed by atoms with E-state index in [0.29, 0.717) is 18.4 Å². The number of hydrogen-bond donors (Lipinski definition) is 1. The highest BCUT2D eigenvalue weighted by Crippen LogP contribution is 2.29. The normalized spacial score (nSPS) is 17.3. The number of sulfone groups is 1. The van der Waals surface area contributed by atoms with Crippen LogP contribution in [0.15, 0.2) is 18.3 Å². The van der Waals surface area contributed by atoms with Gasteiger partial charge in [0.15, 0.2) is 15.6 Å². The molecule has 1 amide bonds. The monoisotopic (exact) mass is 366 g/mol. The fourth-order valence-electron chi connectivity index (χ4n) is 3.31. The van der Waals surface area contributed by atoms with Crippen LogP contribution in [-0.2, 0) is 14.6 Å². The summed E-state index contributed by atoms with van der Waals surface area (Å²) in [6.45, 7) is 4.93. The zero-order valence-electron chi connectivity index (χ0n) is 15.0. The summed E-state index contributed by atoms with van der Waals surface area (Å²) in [5, 5.41) is 1.06. The molecule has 1 unspecified atom stereocenters. The van der Waals surface area contributed by atoms with Gasteiger partial charge in [0.1, 0.15) is 11.1 Å². The molecule has 1 aliphatic rings. The van der Waals surface area contributed by atoms with Gasteiger partial charge in [-0.25, -0.2) is 13.4 Å². The standard InChI is InChI=1S/C18H26N2O4S/c1-12(2)17(25(23,24)15-7-5-4-6-8-15)18(22)20-16-10-9-14(11-19-16)13(3)21/h9-12,15,17H,4-8H2,1-3H3,(H,19,20,22). The summed E-state index contributed by atoms with van der Waals surface area (Å²) in [6, 6.07) is 3.07. The number of amides is 1. The number of nitrogens with one attached hydrogen (secondary N) is 1. The SMILES string of the molecule is CC(=O)c1ccc(NC(=O)C(C(C)C)S(=O)(=O)C2CCCCC2)nc1. The quantitative estimate of drug-likeness (QED) is 0.781. The number of Topliss-reactive ketones (excluding diaryl/α,β-unsaturated/α-hetero) is 1. The van der Waals surface area contributed by atoms with Crippen molar-refractivity contribution in [3.05, 3.63) is 23.9 Å². The Morgan fingerprint density at radius 2 is 1.80 bits per heavy atom. The van der Waals surface area contributed by atoms with Crippen LogP contribution >= 0.6 is 0 Å². The van der Waals surface area contributed by atoms with E-state index >= 15 is 0 Å². The summed E-state index contributed by atoms with van der Waals surface area (Å²) in [6.07, 6.45) is 5.47. The summed E-state index contributed by atoms with van der Waals surface area (Å²) < 4.78 is 26.0. The summed E-state index contributed by atoms with van der Waals surface area (Å²) in [7, 11) is -3.56. The second kappa shape index (κ2) is 8.08. The van der Waals surface area contributed by atoms with Crippen molar-refractivity contribution in [2.75, 3.05) is 5.32 Å². The molecule has 1 N–H and O–H groups in total. The third kappa shape index (κ3) is 4.66. The zero-order chi connectivity index (χ0) is 18.6. The number of ketones is 1. The molecule has 1 saturated carbocycles. The Labute approximate surface area is 149 Å². The average molecular weight is 366 g/mol. The molecule has 0 bridgehead atoms. The van der Waals surface area contributed by atoms with Crippen LogP contribution in [0.5, 0.6) is 0 Å². The highest BCUT2D eigenvalue weighted by Gasteiger charge is 2.41. The second-order valence-corrected chi connectivity index (χ2v) is 9.34. The van der Waals surface area contributed by atoms with Crippen molar-refractivity contribution in [3.8, 4) is 0 Å². The van der Waals surface area contributed by atoms with Gasteiger partial charge in [-0.1, -0.05) is 33.1 Å². The molecule has 0 radical (unpaired) electrons. The van der Waals surface area contributed by atoms with E-state index in [2.05, 4.69) is 10.3 Å². The number of anilines is 1. The topological polar surface area (TPSA) is 93.2 Å². The number of aromatic nitrogens is 1. The fourth-order valence-corrected chi connectivity index (χ4v) is 5.83. The maximum absolute atomic E-state index is 13.0. The molecule has 0 aromatic carbocycles. The molecule has 1 aliphatic carbocycles. The minimum atomic E-state index is -3.56. The van der Waals surface area contributed by atoms with Crippen molar-refractivity contribution in [1.29, 1.82) is 0 Å². The van der Waals surface area contributed by atoms with Crippen LogP contribution in [0.4, 0.5) is 5.82 Å². The number of hydrogen-bond acceptors (Lipinski definition) is 5. The minimum absolute atomic E-state index is 0.120. The van der Waals surface area contributed by atoms with Crippen LogP contribution in [0, 0.1) is 5.92 Å². The first kappa shape index (κ1) is 19.6. The van der Waals surface area contributed by atoms with Gasteiger partial charge in [-0.15, -0.1) is 0 Å². The van der Waals surface area contributed by atoms with Crippen molar-refractivity contribution >= 4 is 27.3 Å². The molecule has 0 saturated heterocycles. The lowest BCUT2D eigenvalue weighted by Crippen LogP contribution is -2.44. The average Bonchev–Trinajstić information content (AvgIpc) is 2.55. The first-order valence-corrected chi connectivity index (χ1v) is 10.3. The van der Waals surface area contributed by atoms with Crippen molar-refractivity contribution in [1.82, 2.24) is 4.98 Å². The molecule has 6 nitrogen and oxygen atoms in total. The predicted octanol–water partition coefficient (Wildman–Crippen LogP) is 2.99. The van der Waals surface area contributed by atoms with Crippen LogP contribution < -0.4 is 5.32 Å². The number of carbonyl (C=O) groups excluding carboxylic acids is 2. The third-order valence-corrected chi connectivity index (χ3v) is 7.52. The first-order chi connectivity index (χ1) is 11.7. The lowest BCUT2D eigenvalue weighted by molar-refractivity contribution is -0.116. The molecular formula is C18H26N2O4S. The minimum Gasteiger partial charge on any atom is -0.310 e. The van der Waals surface area contributed by atoms with Gasteiger partial charge in [-0.05, 0) is 37.8 Å². The molecule has 138 valence electrons. The number of rotatable bonds is 6. The van der Waals surface area contributed by atoms with Crippen molar-refractivity contribution in [2.24, 2.45) is 5.92 Å². The van der Waals surface area contributed by atoms with Gasteiger partial charge in [-0.3, -0.25) is 9.59 Å². The molecule has 1 aromatic rings.